The second kappa shape index (κ2) is 16.1. The molecule has 0 aromatic heterocycles. The van der Waals surface area contributed by atoms with E-state index < -0.39 is 0 Å². The zero-order valence-electron chi connectivity index (χ0n) is 24.0. The molecule has 3 heterocycles. The predicted octanol–water partition coefficient (Wildman–Crippen LogP) is 2.21. The van der Waals surface area contributed by atoms with Crippen molar-refractivity contribution in [2.24, 2.45) is 16.9 Å². The normalized spacial score (nSPS) is 21.2. The molecular weight excluding hydrogens is 564 g/mol. The number of benzene rings is 1. The van der Waals surface area contributed by atoms with Crippen molar-refractivity contribution in [3.05, 3.63) is 28.2 Å². The first-order valence-electron chi connectivity index (χ1n) is 14.7. The number of piperidine rings is 1. The Morgan fingerprint density at radius 1 is 1.05 bits per heavy atom. The van der Waals surface area contributed by atoms with Gasteiger partial charge in [-0.25, -0.2) is 0 Å². The lowest BCUT2D eigenvalue weighted by atomic mass is 9.94. The summed E-state index contributed by atoms with van der Waals surface area (Å²) in [6, 6.07) is 5.33. The Balaban J connectivity index is 1.01. The summed E-state index contributed by atoms with van der Waals surface area (Å²) < 4.78 is 5.60. The molecule has 0 aliphatic carbocycles. The molecule has 2 amide bonds. The molecular formula is C28H42BCl2N7O3. The minimum atomic E-state index is -0.162. The number of halogens is 2. The minimum absolute atomic E-state index is 0.0326. The molecule has 2 N–H and O–H groups in total. The molecule has 3 aliphatic heterocycles. The fourth-order valence-electron chi connectivity index (χ4n) is 5.36. The van der Waals surface area contributed by atoms with Gasteiger partial charge >= 0.3 is 0 Å². The van der Waals surface area contributed by atoms with E-state index in [1.807, 2.05) is 17.8 Å². The van der Waals surface area contributed by atoms with Crippen molar-refractivity contribution in [1.29, 1.82) is 0 Å². The maximum absolute atomic E-state index is 12.4. The third kappa shape index (κ3) is 10.4. The van der Waals surface area contributed by atoms with Crippen LogP contribution in [0.15, 0.2) is 23.3 Å². The number of anilines is 1. The number of nitrogens with zero attached hydrogens (tertiary/aromatic N) is 5. The number of carbonyl (C=O) groups excluding carboxylic acids is 2. The van der Waals surface area contributed by atoms with Gasteiger partial charge in [-0.05, 0) is 56.5 Å². The Bertz CT molecular complexity index is 1050. The van der Waals surface area contributed by atoms with Gasteiger partial charge < -0.3 is 25.1 Å². The molecule has 10 nitrogen and oxygen atoms in total. The van der Waals surface area contributed by atoms with Crippen LogP contribution in [-0.4, -0.2) is 119 Å². The van der Waals surface area contributed by atoms with E-state index in [0.717, 1.165) is 57.4 Å². The highest BCUT2D eigenvalue weighted by molar-refractivity contribution is 6.42. The summed E-state index contributed by atoms with van der Waals surface area (Å²) in [4.78, 5) is 31.4. The molecule has 2 saturated heterocycles. The Labute approximate surface area is 255 Å². The van der Waals surface area contributed by atoms with Crippen molar-refractivity contribution in [2.45, 2.75) is 32.6 Å². The highest BCUT2D eigenvalue weighted by atomic mass is 35.5. The van der Waals surface area contributed by atoms with Crippen LogP contribution < -0.4 is 15.6 Å². The largest absolute Gasteiger partial charge is 0.370 e. The second-order valence-corrected chi connectivity index (χ2v) is 12.1. The molecule has 41 heavy (non-hydrogen) atoms. The quantitative estimate of drug-likeness (QED) is 0.279. The van der Waals surface area contributed by atoms with E-state index in [1.54, 1.807) is 17.1 Å². The van der Waals surface area contributed by atoms with Crippen LogP contribution in [0, 0.1) is 11.8 Å². The van der Waals surface area contributed by atoms with Crippen LogP contribution in [0.5, 0.6) is 0 Å². The van der Waals surface area contributed by atoms with E-state index in [4.69, 9.17) is 35.9 Å². The molecule has 2 fully saturated rings. The highest BCUT2D eigenvalue weighted by Crippen LogP contribution is 2.29. The summed E-state index contributed by atoms with van der Waals surface area (Å²) in [5, 5.41) is 13.0. The van der Waals surface area contributed by atoms with Gasteiger partial charge in [-0.15, -0.1) is 0 Å². The molecule has 4 rings (SSSR count). The summed E-state index contributed by atoms with van der Waals surface area (Å²) in [6.45, 7) is 11.9. The Morgan fingerprint density at radius 2 is 1.78 bits per heavy atom. The fraction of sp³-hybridized carbons (Fsp3) is 0.679. The number of nitrogens with one attached hydrogen (secondary N) is 2. The molecule has 3 aliphatic rings. The van der Waals surface area contributed by atoms with E-state index in [-0.39, 0.29) is 30.8 Å². The van der Waals surface area contributed by atoms with E-state index in [2.05, 4.69) is 25.5 Å². The van der Waals surface area contributed by atoms with Crippen LogP contribution in [0.1, 0.15) is 32.6 Å². The number of hydrogen-bond acceptors (Lipinski definition) is 8. The maximum Gasteiger partial charge on any atom is 0.245 e. The van der Waals surface area contributed by atoms with Crippen molar-refractivity contribution in [1.82, 2.24) is 25.2 Å². The van der Waals surface area contributed by atoms with Crippen molar-refractivity contribution in [3.8, 4) is 0 Å². The lowest BCUT2D eigenvalue weighted by Crippen LogP contribution is -2.49. The molecule has 1 aromatic carbocycles. The van der Waals surface area contributed by atoms with E-state index in [9.17, 15) is 9.59 Å². The van der Waals surface area contributed by atoms with Gasteiger partial charge in [-0.2, -0.15) is 5.10 Å². The first-order chi connectivity index (χ1) is 19.8. The van der Waals surface area contributed by atoms with Gasteiger partial charge in [0.1, 0.15) is 12.4 Å². The second-order valence-electron chi connectivity index (χ2n) is 11.2. The highest BCUT2D eigenvalue weighted by Gasteiger charge is 2.26. The van der Waals surface area contributed by atoms with Gasteiger partial charge in [0.05, 0.1) is 28.9 Å². The molecule has 13 heteroatoms. The predicted molar refractivity (Wildman–Crippen MR) is 165 cm³/mol. The monoisotopic (exact) mass is 605 g/mol. The van der Waals surface area contributed by atoms with Crippen LogP contribution in [0.2, 0.25) is 10.0 Å². The molecule has 0 spiro atoms. The van der Waals surface area contributed by atoms with Crippen molar-refractivity contribution in [3.63, 3.8) is 0 Å². The first kappa shape index (κ1) is 32.0. The van der Waals surface area contributed by atoms with Gasteiger partial charge in [0, 0.05) is 58.2 Å². The van der Waals surface area contributed by atoms with Crippen molar-refractivity contribution >= 4 is 54.5 Å². The number of hydrazone groups is 1. The number of rotatable bonds is 12. The molecule has 224 valence electrons. The van der Waals surface area contributed by atoms with Crippen molar-refractivity contribution in [2.75, 3.05) is 83.7 Å². The van der Waals surface area contributed by atoms with Crippen molar-refractivity contribution < 1.29 is 14.3 Å². The Hall–Kier alpha value is -1.89. The molecule has 0 saturated carbocycles. The Morgan fingerprint density at radius 3 is 2.51 bits per heavy atom. The van der Waals surface area contributed by atoms with Gasteiger partial charge in [-0.1, -0.05) is 30.1 Å². The standard InChI is InChI=1S/C28H42BCl2N7O3/c1-21-18-38(23-4-5-24(30)25(31)17-23)34-28(21)33-26(39)3-2-8-32-27(40)20-41-16-15-35-11-13-36(14-12-35)19-22-6-9-37(29)10-7-22/h4-5,17,21-22H,2-3,6-16,18-20H2,1H3,(H,32,40)(H,33,34,39). The summed E-state index contributed by atoms with van der Waals surface area (Å²) >= 11 is 12.1. The van der Waals surface area contributed by atoms with Gasteiger partial charge in [0.25, 0.3) is 0 Å². The Kier molecular flexibility index (Phi) is 12.6. The third-order valence-corrected chi connectivity index (χ3v) is 8.67. The lowest BCUT2D eigenvalue weighted by Gasteiger charge is -2.38. The van der Waals surface area contributed by atoms with Crippen LogP contribution in [0.4, 0.5) is 5.69 Å². The topological polar surface area (TPSA) is 92.8 Å². The molecule has 1 atom stereocenters. The summed E-state index contributed by atoms with van der Waals surface area (Å²) in [6.07, 6.45) is 3.20. The fourth-order valence-corrected chi connectivity index (χ4v) is 5.65. The third-order valence-electron chi connectivity index (χ3n) is 7.93. The summed E-state index contributed by atoms with van der Waals surface area (Å²) in [5.74, 6) is 1.15. The number of hydrogen-bond donors (Lipinski definition) is 2. The van der Waals surface area contributed by atoms with Crippen LogP contribution in [-0.2, 0) is 14.3 Å². The average Bonchev–Trinajstić information content (AvgIpc) is 3.32. The first-order valence-corrected chi connectivity index (χ1v) is 15.4. The molecule has 2 radical (unpaired) electrons. The van der Waals surface area contributed by atoms with Crippen LogP contribution in [0.25, 0.3) is 0 Å². The number of amides is 2. The number of carbonyl (C=O) groups is 2. The minimum Gasteiger partial charge on any atom is -0.370 e. The lowest BCUT2D eigenvalue weighted by molar-refractivity contribution is -0.126. The molecule has 1 aromatic rings. The van der Waals surface area contributed by atoms with Gasteiger partial charge in [0.15, 0.2) is 7.98 Å². The van der Waals surface area contributed by atoms with Crippen LogP contribution in [0.3, 0.4) is 0 Å². The summed E-state index contributed by atoms with van der Waals surface area (Å²) in [7, 11) is 5.87. The van der Waals surface area contributed by atoms with Crippen LogP contribution >= 0.6 is 23.2 Å². The average molecular weight is 606 g/mol. The number of piperazine rings is 1. The number of ether oxygens (including phenoxy) is 1. The zero-order chi connectivity index (χ0) is 29.2. The van der Waals surface area contributed by atoms with E-state index >= 15 is 0 Å². The van der Waals surface area contributed by atoms with E-state index in [0.29, 0.717) is 42.0 Å². The smallest absolute Gasteiger partial charge is 0.245 e. The van der Waals surface area contributed by atoms with E-state index in [1.165, 1.54) is 19.4 Å². The van der Waals surface area contributed by atoms with Gasteiger partial charge in [0.2, 0.25) is 11.8 Å². The summed E-state index contributed by atoms with van der Waals surface area (Å²) in [5.41, 5.74) is 0.817. The maximum atomic E-state index is 12.4. The number of amidine groups is 1. The zero-order valence-corrected chi connectivity index (χ0v) is 25.5. The molecule has 0 bridgehead atoms. The molecule has 1 unspecified atom stereocenters. The SMILES string of the molecule is [B]N1CCC(CN2CCN(CCOCC(=O)NCCCC(=O)NC3=NN(c4ccc(Cl)c(Cl)c4)CC3C)CC2)CC1. The van der Waals surface area contributed by atoms with Gasteiger partial charge in [-0.3, -0.25) is 19.5 Å².